The molecule has 0 N–H and O–H groups in total. The normalized spacial score (nSPS) is 14.8. The van der Waals surface area contributed by atoms with Gasteiger partial charge in [-0.1, -0.05) is 20.8 Å². The number of likely N-dealkylation sites (N-methyl/N-ethyl adjacent to an activating group) is 1. The monoisotopic (exact) mass is 189 g/mol. The minimum Gasteiger partial charge on any atom is -0.374 e. The number of hydrogen-bond acceptors (Lipinski definition) is 2. The molecule has 0 aliphatic heterocycles. The number of nitrogens with zero attached hydrogens (tertiary/aromatic N) is 1. The van der Waals surface area contributed by atoms with Crippen LogP contribution >= 0.6 is 0 Å². The zero-order chi connectivity index (χ0) is 10.9. The van der Waals surface area contributed by atoms with Crippen molar-refractivity contribution in [2.75, 3.05) is 27.2 Å². The zero-order valence-electron chi connectivity index (χ0n) is 10.5. The fraction of sp³-hybridized carbons (Fsp3) is 1.00. The van der Waals surface area contributed by atoms with Gasteiger partial charge in [-0.25, -0.2) is 0 Å². The van der Waals surface area contributed by atoms with Crippen molar-refractivity contribution in [2.45, 2.75) is 46.6 Å². The van der Waals surface area contributed by atoms with Crippen LogP contribution in [0.5, 0.6) is 0 Å². The maximum absolute atomic E-state index is 5.65. The van der Waals surface area contributed by atoms with Gasteiger partial charge in [0.15, 0.2) is 0 Å². The summed E-state index contributed by atoms with van der Waals surface area (Å²) in [4.78, 5) is 2.17. The Morgan fingerprint density at radius 1 is 1.15 bits per heavy atom. The number of hydrogen-bond donors (Lipinski definition) is 0. The molecule has 1 atom stereocenters. The van der Waals surface area contributed by atoms with Gasteiger partial charge in [0.25, 0.3) is 0 Å². The lowest BCUT2D eigenvalue weighted by Gasteiger charge is -2.31. The lowest BCUT2D eigenvalue weighted by Crippen LogP contribution is -2.39. The van der Waals surface area contributed by atoms with Gasteiger partial charge in [0.05, 0.1) is 5.60 Å². The van der Waals surface area contributed by atoms with E-state index in [1.54, 1.807) is 0 Å². The molecule has 0 saturated heterocycles. The average Bonchev–Trinajstić information content (AvgIpc) is 2.07. The topological polar surface area (TPSA) is 12.5 Å². The van der Waals surface area contributed by atoms with Gasteiger partial charge in [0.1, 0.15) is 0 Å². The second-order valence-electron chi connectivity index (χ2n) is 3.47. The van der Waals surface area contributed by atoms with Crippen LogP contribution < -0.4 is 0 Å². The van der Waals surface area contributed by atoms with Crippen LogP contribution in [0, 0.1) is 0 Å². The summed E-state index contributed by atoms with van der Waals surface area (Å²) in [5.41, 5.74) is 0.0399. The second-order valence-corrected chi connectivity index (χ2v) is 3.47. The van der Waals surface area contributed by atoms with E-state index in [2.05, 4.69) is 32.8 Å². The van der Waals surface area contributed by atoms with Crippen LogP contribution in [0.2, 0.25) is 0 Å². The van der Waals surface area contributed by atoms with Crippen molar-refractivity contribution in [3.05, 3.63) is 0 Å². The highest BCUT2D eigenvalue weighted by molar-refractivity contribution is 4.75. The Kier molecular flexibility index (Phi) is 10.1. The molecule has 2 heteroatoms. The van der Waals surface area contributed by atoms with Crippen LogP contribution in [-0.4, -0.2) is 37.7 Å². The van der Waals surface area contributed by atoms with Gasteiger partial charge in [0.2, 0.25) is 0 Å². The molecule has 0 spiro atoms. The van der Waals surface area contributed by atoms with Crippen LogP contribution in [0.1, 0.15) is 41.0 Å². The van der Waals surface area contributed by atoms with Gasteiger partial charge >= 0.3 is 0 Å². The fourth-order valence-corrected chi connectivity index (χ4v) is 1.28. The largest absolute Gasteiger partial charge is 0.374 e. The molecule has 0 fully saturated rings. The first-order valence-electron chi connectivity index (χ1n) is 5.32. The van der Waals surface area contributed by atoms with Crippen molar-refractivity contribution in [1.29, 1.82) is 0 Å². The zero-order valence-corrected chi connectivity index (χ0v) is 10.5. The van der Waals surface area contributed by atoms with Crippen molar-refractivity contribution in [1.82, 2.24) is 4.90 Å². The molecule has 2 nitrogen and oxygen atoms in total. The highest BCUT2D eigenvalue weighted by atomic mass is 16.5. The van der Waals surface area contributed by atoms with Crippen molar-refractivity contribution < 1.29 is 4.74 Å². The standard InChI is InChI=1S/C9H21NO.C2H6/c1-6-9(3,11-7-2)8-10(4)5;1-2/h6-8H2,1-5H3;1-2H3. The molecule has 0 aliphatic carbocycles. The van der Waals surface area contributed by atoms with E-state index in [0.29, 0.717) is 0 Å². The summed E-state index contributed by atoms with van der Waals surface area (Å²) in [6.07, 6.45) is 1.07. The summed E-state index contributed by atoms with van der Waals surface area (Å²) in [5, 5.41) is 0. The third kappa shape index (κ3) is 8.26. The molecule has 0 saturated carbocycles. The van der Waals surface area contributed by atoms with Crippen molar-refractivity contribution in [2.24, 2.45) is 0 Å². The Morgan fingerprint density at radius 2 is 1.62 bits per heavy atom. The molecule has 0 aromatic heterocycles. The minimum atomic E-state index is 0.0399. The van der Waals surface area contributed by atoms with Gasteiger partial charge in [-0.3, -0.25) is 0 Å². The first kappa shape index (κ1) is 15.4. The molecule has 13 heavy (non-hydrogen) atoms. The molecule has 0 rings (SSSR count). The van der Waals surface area contributed by atoms with E-state index < -0.39 is 0 Å². The van der Waals surface area contributed by atoms with Crippen molar-refractivity contribution >= 4 is 0 Å². The quantitative estimate of drug-likeness (QED) is 0.659. The first-order valence-corrected chi connectivity index (χ1v) is 5.32. The van der Waals surface area contributed by atoms with Crippen LogP contribution in [0.3, 0.4) is 0 Å². The van der Waals surface area contributed by atoms with Crippen molar-refractivity contribution in [3.8, 4) is 0 Å². The molecule has 0 aromatic rings. The molecule has 0 radical (unpaired) electrons. The van der Waals surface area contributed by atoms with Gasteiger partial charge in [-0.2, -0.15) is 0 Å². The van der Waals surface area contributed by atoms with Gasteiger partial charge in [0, 0.05) is 13.2 Å². The maximum atomic E-state index is 5.65. The highest BCUT2D eigenvalue weighted by Crippen LogP contribution is 2.15. The molecule has 0 bridgehead atoms. The smallest absolute Gasteiger partial charge is 0.0777 e. The van der Waals surface area contributed by atoms with E-state index in [1.807, 2.05) is 20.8 Å². The van der Waals surface area contributed by atoms with E-state index in [0.717, 1.165) is 19.6 Å². The summed E-state index contributed by atoms with van der Waals surface area (Å²) < 4.78 is 5.65. The lowest BCUT2D eigenvalue weighted by atomic mass is 10.0. The Morgan fingerprint density at radius 3 is 1.85 bits per heavy atom. The SMILES string of the molecule is CC.CCOC(C)(CC)CN(C)C. The van der Waals surface area contributed by atoms with E-state index in [4.69, 9.17) is 4.74 Å². The summed E-state index contributed by atoms with van der Waals surface area (Å²) in [6.45, 7) is 12.2. The van der Waals surface area contributed by atoms with Gasteiger partial charge < -0.3 is 9.64 Å². The Labute approximate surface area is 84.3 Å². The number of rotatable bonds is 5. The van der Waals surface area contributed by atoms with E-state index in [-0.39, 0.29) is 5.60 Å². The predicted molar refractivity (Wildman–Crippen MR) is 60.2 cm³/mol. The van der Waals surface area contributed by atoms with Crippen LogP contribution in [0.25, 0.3) is 0 Å². The van der Waals surface area contributed by atoms with Crippen LogP contribution in [0.15, 0.2) is 0 Å². The number of ether oxygens (including phenoxy) is 1. The molecule has 0 heterocycles. The van der Waals surface area contributed by atoms with Crippen LogP contribution in [0.4, 0.5) is 0 Å². The second kappa shape index (κ2) is 8.52. The Balaban J connectivity index is 0. The third-order valence-electron chi connectivity index (χ3n) is 1.89. The molecule has 0 aliphatic rings. The molecule has 1 unspecified atom stereocenters. The minimum absolute atomic E-state index is 0.0399. The summed E-state index contributed by atoms with van der Waals surface area (Å²) in [5.74, 6) is 0. The summed E-state index contributed by atoms with van der Waals surface area (Å²) in [6, 6.07) is 0. The van der Waals surface area contributed by atoms with Crippen molar-refractivity contribution in [3.63, 3.8) is 0 Å². The summed E-state index contributed by atoms with van der Waals surface area (Å²) >= 11 is 0. The summed E-state index contributed by atoms with van der Waals surface area (Å²) in [7, 11) is 4.15. The fourth-order valence-electron chi connectivity index (χ4n) is 1.28. The first-order chi connectivity index (χ1) is 6.04. The van der Waals surface area contributed by atoms with E-state index >= 15 is 0 Å². The Bertz CT molecular complexity index is 104. The predicted octanol–water partition coefficient (Wildman–Crippen LogP) is 2.78. The lowest BCUT2D eigenvalue weighted by molar-refractivity contribution is -0.0426. The molecule has 0 amide bonds. The van der Waals surface area contributed by atoms with E-state index in [1.165, 1.54) is 0 Å². The molecular weight excluding hydrogens is 162 g/mol. The van der Waals surface area contributed by atoms with Crippen LogP contribution in [-0.2, 0) is 4.74 Å². The average molecular weight is 189 g/mol. The van der Waals surface area contributed by atoms with Gasteiger partial charge in [-0.15, -0.1) is 0 Å². The molecule has 0 aromatic carbocycles. The molecular formula is C11H27NO. The molecule has 82 valence electrons. The van der Waals surface area contributed by atoms with Gasteiger partial charge in [-0.05, 0) is 34.4 Å². The Hall–Kier alpha value is -0.0800. The maximum Gasteiger partial charge on any atom is 0.0777 e. The van der Waals surface area contributed by atoms with E-state index in [9.17, 15) is 0 Å². The highest BCUT2D eigenvalue weighted by Gasteiger charge is 2.22. The third-order valence-corrected chi connectivity index (χ3v) is 1.89.